The van der Waals surface area contributed by atoms with Crippen LogP contribution in [-0.4, -0.2) is 294 Å². The molecule has 0 aromatic heterocycles. The number of unbranched alkanes of at least 4 members (excludes halogenated alkanes) is 5. The van der Waals surface area contributed by atoms with Gasteiger partial charge in [-0.2, -0.15) is 5.26 Å². The molecular formula is C109H194N14O21P+. The number of β-amino-alcohol motifs (C(OH)–C–C–N with tert-alkyl or cyclic N) is 1. The molecule has 35 nitrogen and oxygen atoms in total. The van der Waals surface area contributed by atoms with Crippen molar-refractivity contribution in [1.82, 2.24) is 44.2 Å². The van der Waals surface area contributed by atoms with Crippen LogP contribution in [0.4, 0.5) is 4.79 Å². The fraction of sp³-hybridized carbons (Fsp3) is 0.853. The summed E-state index contributed by atoms with van der Waals surface area (Å²) in [5.41, 5.74) is 2.26. The number of nitriles is 1. The summed E-state index contributed by atoms with van der Waals surface area (Å²) >= 11 is 0. The molecule has 18 atom stereocenters. The Bertz CT molecular complexity index is 3880. The highest BCUT2D eigenvalue weighted by Gasteiger charge is 2.59. The Kier molecular flexibility index (Phi) is 59.9. The summed E-state index contributed by atoms with van der Waals surface area (Å²) in [5, 5.41) is 53.9. The number of quaternary nitrogens is 1. The Hall–Kier alpha value is -7.55. The molecule has 0 radical (unpaired) electrons. The first-order valence-electron chi connectivity index (χ1n) is 55.5. The summed E-state index contributed by atoms with van der Waals surface area (Å²) in [5.74, 6) is 1.62. The number of aliphatic hydroxyl groups is 2. The van der Waals surface area contributed by atoms with Gasteiger partial charge in [0.2, 0.25) is 29.5 Å². The van der Waals surface area contributed by atoms with Gasteiger partial charge in [-0.25, -0.2) is 14.1 Å². The standard InChI is InChI=1S/C37H62N2O5.C15H32N3OP.2C14H23NO4.C13H21NO5.C9H17NO2.C7H15N5/c1-5-7-8-9-10-11-12-26-14-16-30-29-15-13-27-23-28(17-20-37(27,4)31(29)18-21-36(26,30)3)44-35(42)38-24-34(41)39-22-19-33(40)32(39)25-43-6-2;1-12(2)17(13(3)4)20(19-11-9-10-16)18(14(5)6)15(7)8;2*1-4-11-12(8-9-15(11)13(17)5-2)19-14(18)7-6-10(3)16;1-3-9-10(7-8-14(9)11(15)4-2)19-13(18)6-5-12(16)17;1-3-7-5-10(6-8(7)11)9(12)4-2;1-6(2)12(7(3)4)11-5-8-9-10-11/h13,26,28-33,40H,5-12,14-25H2,1-4H3,(H,38,42);12-15H,9,11H2,1-8H3;2*11-12H,4-9H2,1-3H3;9-10H,3-8H2,1-2H3,(H,16,17);7-8,11H,3-6H2,1-2H3;5-7H,1-4H3/p+1/t26-,28?,29?,30?,31?,32+,33+,36+,37-;;2*11-,12-;9-,10-;7-,8+;/m1.0001./s1. The van der Waals surface area contributed by atoms with Crippen LogP contribution in [-0.2, 0) is 80.9 Å². The van der Waals surface area contributed by atoms with E-state index in [-0.39, 0.29) is 158 Å². The molecule has 3 saturated carbocycles. The lowest BCUT2D eigenvalue weighted by molar-refractivity contribution is -0.946. The number of nitrogens with zero attached hydrogens (tertiary/aromatic N) is 12. The molecule has 830 valence electrons. The van der Waals surface area contributed by atoms with Crippen LogP contribution in [0.5, 0.6) is 0 Å². The number of nitrogens with one attached hydrogen (secondary N) is 2. The molecule has 6 amide bonds. The fourth-order valence-corrected chi connectivity index (χ4v) is 25.7. The van der Waals surface area contributed by atoms with Gasteiger partial charge in [0.1, 0.15) is 42.5 Å². The van der Waals surface area contributed by atoms with E-state index in [1.807, 2.05) is 65.2 Å². The van der Waals surface area contributed by atoms with E-state index in [2.05, 4.69) is 151 Å². The van der Waals surface area contributed by atoms with Crippen molar-refractivity contribution < 1.29 is 106 Å². The highest BCUT2D eigenvalue weighted by molar-refractivity contribution is 7.47. The second kappa shape index (κ2) is 66.9. The number of carbonyl (C=O) groups is 12. The molecule has 0 spiro atoms. The number of Topliss-reactive ketones (excluding diaryl/α,β-unsaturated/α-hetero) is 2. The number of allylic oxidation sites excluding steroid dienone is 1. The lowest BCUT2D eigenvalue weighted by Gasteiger charge is -2.58. The molecular weight excluding hydrogens is 1870 g/mol. The Morgan fingerprint density at radius 2 is 1.01 bits per heavy atom. The molecule has 0 aromatic rings. The minimum atomic E-state index is -1.02. The van der Waals surface area contributed by atoms with Gasteiger partial charge in [-0.1, -0.05) is 137 Å². The van der Waals surface area contributed by atoms with Gasteiger partial charge in [0.25, 0.3) is 6.34 Å². The van der Waals surface area contributed by atoms with Gasteiger partial charge in [-0.3, -0.25) is 43.2 Å². The van der Waals surface area contributed by atoms with Gasteiger partial charge in [-0.15, -0.1) is 5.01 Å². The van der Waals surface area contributed by atoms with Crippen LogP contribution in [0.25, 0.3) is 0 Å². The molecule has 0 bridgehead atoms. The summed E-state index contributed by atoms with van der Waals surface area (Å²) in [6.45, 7) is 58.7. The number of hydrogen-bond donors (Lipinski definition) is 5. The molecule has 8 fully saturated rings. The third-order valence-electron chi connectivity index (χ3n) is 30.7. The van der Waals surface area contributed by atoms with Gasteiger partial charge >= 0.3 is 30.0 Å². The highest BCUT2D eigenvalue weighted by Crippen LogP contribution is 2.67. The molecule has 145 heavy (non-hydrogen) atoms. The van der Waals surface area contributed by atoms with Crippen molar-refractivity contribution in [1.29, 1.82) is 5.26 Å². The van der Waals surface area contributed by atoms with Crippen molar-refractivity contribution in [2.75, 3.05) is 65.6 Å². The number of carboxylic acid groups (broad SMARTS) is 1. The minimum absolute atomic E-state index is 0.0156. The van der Waals surface area contributed by atoms with Crippen molar-refractivity contribution in [3.8, 4) is 6.07 Å². The molecule has 6 heterocycles. The summed E-state index contributed by atoms with van der Waals surface area (Å²) in [6.07, 6.45) is 29.9. The maximum absolute atomic E-state index is 12.8. The van der Waals surface area contributed by atoms with Crippen molar-refractivity contribution in [3.63, 3.8) is 0 Å². The van der Waals surface area contributed by atoms with E-state index in [0.717, 1.165) is 80.3 Å². The number of ketones is 2. The number of ether oxygens (including phenoxy) is 5. The van der Waals surface area contributed by atoms with Crippen LogP contribution in [0, 0.1) is 51.8 Å². The monoisotopic (exact) mass is 2070 g/mol. The number of esters is 3. The summed E-state index contributed by atoms with van der Waals surface area (Å²) in [4.78, 5) is 148. The van der Waals surface area contributed by atoms with E-state index >= 15 is 0 Å². The Labute approximate surface area is 871 Å². The molecule has 5 unspecified atom stereocenters. The summed E-state index contributed by atoms with van der Waals surface area (Å²) in [7, 11) is -0.841. The van der Waals surface area contributed by atoms with E-state index in [0.29, 0.717) is 158 Å². The zero-order chi connectivity index (χ0) is 109. The van der Waals surface area contributed by atoms with E-state index < -0.39 is 32.6 Å². The fourth-order valence-electron chi connectivity index (χ4n) is 23.3. The minimum Gasteiger partial charge on any atom is -0.481 e. The zero-order valence-electron chi connectivity index (χ0n) is 93.9. The third-order valence-corrected chi connectivity index (χ3v) is 33.8. The molecule has 0 aromatic carbocycles. The molecule has 36 heteroatoms. The number of rotatable bonds is 45. The number of amides is 6. The topological polar surface area (TPSA) is 424 Å². The number of carbonyl (C=O) groups excluding carboxylic acids is 11. The largest absolute Gasteiger partial charge is 0.481 e. The number of carboxylic acids is 1. The Morgan fingerprint density at radius 3 is 1.43 bits per heavy atom. The number of aliphatic carboxylic acids is 1. The number of fused-ring (bicyclic) bond motifs is 5. The molecule has 10 rings (SSSR count). The predicted molar refractivity (Wildman–Crippen MR) is 563 cm³/mol. The number of aliphatic hydroxyl groups excluding tert-OH is 2. The van der Waals surface area contributed by atoms with Crippen molar-refractivity contribution >= 4 is 85.9 Å². The van der Waals surface area contributed by atoms with Crippen LogP contribution in [0.3, 0.4) is 0 Å². The van der Waals surface area contributed by atoms with Gasteiger partial charge in [0, 0.05) is 145 Å². The van der Waals surface area contributed by atoms with Crippen molar-refractivity contribution in [3.05, 3.63) is 11.6 Å². The zero-order valence-corrected chi connectivity index (χ0v) is 94.8. The predicted octanol–water partition coefficient (Wildman–Crippen LogP) is 17.2. The molecule has 5 N–H and O–H groups in total. The normalized spacial score (nSPS) is 26.3. The molecule has 10 aliphatic rings. The maximum Gasteiger partial charge on any atom is 0.407 e. The van der Waals surface area contributed by atoms with E-state index in [4.69, 9.17) is 38.6 Å². The second-order valence-corrected chi connectivity index (χ2v) is 44.5. The Balaban J connectivity index is 0.000000373. The van der Waals surface area contributed by atoms with Gasteiger partial charge in [-0.05, 0) is 222 Å². The van der Waals surface area contributed by atoms with E-state index in [1.165, 1.54) is 96.5 Å². The highest BCUT2D eigenvalue weighted by atomic mass is 31.2. The van der Waals surface area contributed by atoms with Crippen molar-refractivity contribution in [2.24, 2.45) is 56.0 Å². The average molecular weight is 2070 g/mol. The SMILES string of the molecule is CC(C)N(C(C)C)P(OCCC#N)N(C(C)C)C(C)C.CC(C)N(C(C)C)[NH+]1C=NN=N1.CCC(=O)N1CC[C@H](OC(=O)CCC(=O)O)[C@@H]1CC.CCC(=O)N1CC[C@H](OC(=O)CCC(C)=O)[C@@H]1CC.CCC(=O)N1CC[C@H](OC(=O)CCC(C)=O)[C@@H]1CC.CCC(=O)N1C[C@@H](CC)[C@@H](O)C1.CCCCCCCC[C@@H]1CCC2C3CC=C4CC(OC(=O)NCC(=O)N5CC[C@H](O)[C@@H]5COCC)CC[C@@]4(C)C3CC[C@]21C. The van der Waals surface area contributed by atoms with Crippen LogP contribution >= 0.6 is 8.45 Å². The lowest BCUT2D eigenvalue weighted by atomic mass is 9.47. The van der Waals surface area contributed by atoms with Crippen LogP contribution in [0.1, 0.15) is 398 Å². The first-order valence-corrected chi connectivity index (χ1v) is 56.7. The Morgan fingerprint density at radius 1 is 0.538 bits per heavy atom. The summed E-state index contributed by atoms with van der Waals surface area (Å²) in [6, 6.07) is 4.24. The first kappa shape index (κ1) is 130. The molecule has 4 aliphatic carbocycles. The average Bonchev–Trinajstić information content (AvgIpc) is 1.65. The lowest BCUT2D eigenvalue weighted by Crippen LogP contribution is -3.14. The van der Waals surface area contributed by atoms with E-state index in [1.54, 1.807) is 28.0 Å². The maximum atomic E-state index is 12.8. The van der Waals surface area contributed by atoms with Gasteiger partial charge in [0.05, 0.1) is 105 Å². The number of alkyl carbamates (subject to hydrolysis) is 1. The first-order chi connectivity index (χ1) is 68.7. The second-order valence-electron chi connectivity index (χ2n) is 42.8. The van der Waals surface area contributed by atoms with E-state index in [9.17, 15) is 67.7 Å². The van der Waals surface area contributed by atoms with Crippen molar-refractivity contribution in [2.45, 2.75) is 495 Å². The quantitative estimate of drug-likeness (QED) is 0.0124. The number of likely N-dealkylation sites (tertiary alicyclic amines) is 5. The smallest absolute Gasteiger partial charge is 0.407 e. The number of hydrogen-bond acceptors (Lipinski definition) is 27. The third kappa shape index (κ3) is 40.6. The summed E-state index contributed by atoms with van der Waals surface area (Å²) < 4.78 is 38.5. The molecule has 5 saturated heterocycles. The van der Waals surface area contributed by atoms with Gasteiger partial charge in [0.15, 0.2) is 8.45 Å². The van der Waals surface area contributed by atoms with Crippen LogP contribution in [0.15, 0.2) is 27.2 Å². The van der Waals surface area contributed by atoms with Gasteiger partial charge < -0.3 is 82.9 Å². The molecule has 6 aliphatic heterocycles. The van der Waals surface area contributed by atoms with Crippen LogP contribution < -0.4 is 10.4 Å². The van der Waals surface area contributed by atoms with Crippen LogP contribution in [0.2, 0.25) is 0 Å².